The summed E-state index contributed by atoms with van der Waals surface area (Å²) in [4.78, 5) is 2.53. The molecule has 0 aromatic heterocycles. The lowest BCUT2D eigenvalue weighted by molar-refractivity contribution is 0.0579. The SMILES string of the molecule is CCOCC(C)N1CCNC(CC)C1. The van der Waals surface area contributed by atoms with Gasteiger partial charge < -0.3 is 10.1 Å². The first kappa shape index (κ1) is 12.0. The number of rotatable bonds is 5. The Morgan fingerprint density at radius 1 is 1.50 bits per heavy atom. The first-order valence-electron chi connectivity index (χ1n) is 5.83. The molecule has 0 radical (unpaired) electrons. The molecule has 0 aliphatic carbocycles. The maximum atomic E-state index is 5.46. The van der Waals surface area contributed by atoms with Crippen LogP contribution in [0.5, 0.6) is 0 Å². The molecular formula is C11H24N2O. The molecule has 2 atom stereocenters. The molecule has 0 bridgehead atoms. The summed E-state index contributed by atoms with van der Waals surface area (Å²) in [7, 11) is 0. The van der Waals surface area contributed by atoms with Crippen molar-refractivity contribution >= 4 is 0 Å². The van der Waals surface area contributed by atoms with E-state index in [1.54, 1.807) is 0 Å². The van der Waals surface area contributed by atoms with Crippen molar-refractivity contribution in [1.29, 1.82) is 0 Å². The summed E-state index contributed by atoms with van der Waals surface area (Å²) >= 11 is 0. The minimum absolute atomic E-state index is 0.561. The Labute approximate surface area is 87.8 Å². The molecule has 1 aliphatic heterocycles. The second kappa shape index (κ2) is 6.38. The molecule has 1 N–H and O–H groups in total. The summed E-state index contributed by atoms with van der Waals surface area (Å²) in [5, 5.41) is 3.53. The maximum Gasteiger partial charge on any atom is 0.0619 e. The van der Waals surface area contributed by atoms with Gasteiger partial charge in [0.15, 0.2) is 0 Å². The Morgan fingerprint density at radius 2 is 2.29 bits per heavy atom. The molecule has 3 heteroatoms. The standard InChI is InChI=1S/C11H24N2O/c1-4-11-8-13(7-6-12-11)10(3)9-14-5-2/h10-12H,4-9H2,1-3H3. The van der Waals surface area contributed by atoms with E-state index in [0.717, 1.165) is 26.3 Å². The minimum atomic E-state index is 0.561. The average molecular weight is 200 g/mol. The van der Waals surface area contributed by atoms with E-state index in [0.29, 0.717) is 12.1 Å². The van der Waals surface area contributed by atoms with Crippen molar-refractivity contribution in [3.63, 3.8) is 0 Å². The summed E-state index contributed by atoms with van der Waals surface area (Å²) in [5.74, 6) is 0. The number of ether oxygens (including phenoxy) is 1. The fraction of sp³-hybridized carbons (Fsp3) is 1.00. The highest BCUT2D eigenvalue weighted by Crippen LogP contribution is 2.07. The molecule has 0 aromatic carbocycles. The quantitative estimate of drug-likeness (QED) is 0.719. The van der Waals surface area contributed by atoms with Crippen LogP contribution in [0.4, 0.5) is 0 Å². The second-order valence-electron chi connectivity index (χ2n) is 4.06. The average Bonchev–Trinajstić information content (AvgIpc) is 2.26. The van der Waals surface area contributed by atoms with Crippen molar-refractivity contribution in [2.75, 3.05) is 32.8 Å². The first-order chi connectivity index (χ1) is 6.77. The molecule has 1 saturated heterocycles. The Kier molecular flexibility index (Phi) is 5.45. The van der Waals surface area contributed by atoms with E-state index >= 15 is 0 Å². The van der Waals surface area contributed by atoms with Gasteiger partial charge in [-0.25, -0.2) is 0 Å². The third-order valence-corrected chi connectivity index (χ3v) is 2.97. The van der Waals surface area contributed by atoms with Crippen LogP contribution in [-0.4, -0.2) is 49.8 Å². The van der Waals surface area contributed by atoms with Crippen LogP contribution in [0.1, 0.15) is 27.2 Å². The zero-order chi connectivity index (χ0) is 10.4. The van der Waals surface area contributed by atoms with Gasteiger partial charge in [-0.3, -0.25) is 4.90 Å². The van der Waals surface area contributed by atoms with Crippen molar-refractivity contribution < 1.29 is 4.74 Å². The van der Waals surface area contributed by atoms with Gasteiger partial charge in [0, 0.05) is 38.3 Å². The fourth-order valence-corrected chi connectivity index (χ4v) is 1.92. The number of nitrogens with one attached hydrogen (secondary N) is 1. The molecule has 1 aliphatic rings. The van der Waals surface area contributed by atoms with Crippen molar-refractivity contribution in [2.45, 2.75) is 39.3 Å². The lowest BCUT2D eigenvalue weighted by Gasteiger charge is -2.37. The molecule has 1 rings (SSSR count). The molecule has 1 heterocycles. The smallest absolute Gasteiger partial charge is 0.0619 e. The highest BCUT2D eigenvalue weighted by atomic mass is 16.5. The molecule has 0 spiro atoms. The molecular weight excluding hydrogens is 176 g/mol. The lowest BCUT2D eigenvalue weighted by Crippen LogP contribution is -2.54. The Bertz CT molecular complexity index is 152. The van der Waals surface area contributed by atoms with E-state index in [9.17, 15) is 0 Å². The summed E-state index contributed by atoms with van der Waals surface area (Å²) in [6.07, 6.45) is 1.22. The van der Waals surface area contributed by atoms with Crippen LogP contribution < -0.4 is 5.32 Å². The largest absolute Gasteiger partial charge is 0.380 e. The Morgan fingerprint density at radius 3 is 2.93 bits per heavy atom. The van der Waals surface area contributed by atoms with Crippen LogP contribution in [0.2, 0.25) is 0 Å². The molecule has 0 aromatic rings. The normalized spacial score (nSPS) is 26.4. The molecule has 84 valence electrons. The summed E-state index contributed by atoms with van der Waals surface area (Å²) in [6, 6.07) is 1.24. The second-order valence-corrected chi connectivity index (χ2v) is 4.06. The zero-order valence-corrected chi connectivity index (χ0v) is 9.75. The zero-order valence-electron chi connectivity index (χ0n) is 9.75. The van der Waals surface area contributed by atoms with Crippen LogP contribution in [-0.2, 0) is 4.74 Å². The molecule has 2 unspecified atom stereocenters. The van der Waals surface area contributed by atoms with E-state index in [1.165, 1.54) is 13.0 Å². The Balaban J connectivity index is 2.27. The van der Waals surface area contributed by atoms with Gasteiger partial charge in [0.25, 0.3) is 0 Å². The van der Waals surface area contributed by atoms with Crippen LogP contribution in [0.15, 0.2) is 0 Å². The van der Waals surface area contributed by atoms with Gasteiger partial charge in [-0.05, 0) is 20.3 Å². The first-order valence-corrected chi connectivity index (χ1v) is 5.83. The van der Waals surface area contributed by atoms with E-state index in [4.69, 9.17) is 4.74 Å². The predicted octanol–water partition coefficient (Wildman–Crippen LogP) is 1.10. The van der Waals surface area contributed by atoms with Gasteiger partial charge in [-0.15, -0.1) is 0 Å². The van der Waals surface area contributed by atoms with Crippen molar-refractivity contribution in [1.82, 2.24) is 10.2 Å². The monoisotopic (exact) mass is 200 g/mol. The molecule has 14 heavy (non-hydrogen) atoms. The molecule has 0 amide bonds. The highest BCUT2D eigenvalue weighted by Gasteiger charge is 2.21. The maximum absolute atomic E-state index is 5.46. The van der Waals surface area contributed by atoms with Gasteiger partial charge in [0.05, 0.1) is 6.61 Å². The van der Waals surface area contributed by atoms with E-state index in [2.05, 4.69) is 31.0 Å². The van der Waals surface area contributed by atoms with Crippen molar-refractivity contribution in [3.05, 3.63) is 0 Å². The van der Waals surface area contributed by atoms with Gasteiger partial charge in [-0.1, -0.05) is 6.92 Å². The fourth-order valence-electron chi connectivity index (χ4n) is 1.92. The van der Waals surface area contributed by atoms with E-state index in [1.807, 2.05) is 0 Å². The molecule has 3 nitrogen and oxygen atoms in total. The van der Waals surface area contributed by atoms with Crippen LogP contribution in [0, 0.1) is 0 Å². The molecule has 0 saturated carbocycles. The van der Waals surface area contributed by atoms with Crippen LogP contribution in [0.3, 0.4) is 0 Å². The van der Waals surface area contributed by atoms with Gasteiger partial charge >= 0.3 is 0 Å². The van der Waals surface area contributed by atoms with Gasteiger partial charge in [-0.2, -0.15) is 0 Å². The molecule has 1 fully saturated rings. The summed E-state index contributed by atoms with van der Waals surface area (Å²) < 4.78 is 5.46. The number of hydrogen-bond acceptors (Lipinski definition) is 3. The van der Waals surface area contributed by atoms with Crippen LogP contribution >= 0.6 is 0 Å². The van der Waals surface area contributed by atoms with E-state index in [-0.39, 0.29) is 0 Å². The minimum Gasteiger partial charge on any atom is -0.380 e. The summed E-state index contributed by atoms with van der Waals surface area (Å²) in [5.41, 5.74) is 0. The summed E-state index contributed by atoms with van der Waals surface area (Å²) in [6.45, 7) is 11.7. The predicted molar refractivity (Wildman–Crippen MR) is 59.6 cm³/mol. The third kappa shape index (κ3) is 3.56. The lowest BCUT2D eigenvalue weighted by atomic mass is 10.1. The third-order valence-electron chi connectivity index (χ3n) is 2.97. The van der Waals surface area contributed by atoms with E-state index < -0.39 is 0 Å². The van der Waals surface area contributed by atoms with Gasteiger partial charge in [0.1, 0.15) is 0 Å². The van der Waals surface area contributed by atoms with Crippen LogP contribution in [0.25, 0.3) is 0 Å². The topological polar surface area (TPSA) is 24.5 Å². The van der Waals surface area contributed by atoms with Crippen molar-refractivity contribution in [2.24, 2.45) is 0 Å². The highest BCUT2D eigenvalue weighted by molar-refractivity contribution is 4.80. The number of nitrogens with zero attached hydrogens (tertiary/aromatic N) is 1. The van der Waals surface area contributed by atoms with Gasteiger partial charge in [0.2, 0.25) is 0 Å². The number of piperazine rings is 1. The van der Waals surface area contributed by atoms with Crippen molar-refractivity contribution in [3.8, 4) is 0 Å². The Hall–Kier alpha value is -0.120. The number of hydrogen-bond donors (Lipinski definition) is 1.